The van der Waals surface area contributed by atoms with Gasteiger partial charge in [-0.1, -0.05) is 0 Å². The van der Waals surface area contributed by atoms with Gasteiger partial charge in [0, 0.05) is 47.0 Å². The van der Waals surface area contributed by atoms with Crippen LogP contribution in [0.25, 0.3) is 21.9 Å². The number of carbonyl (C=O) groups is 1. The van der Waals surface area contributed by atoms with Crippen molar-refractivity contribution >= 4 is 16.7 Å². The van der Waals surface area contributed by atoms with Crippen LogP contribution in [0, 0.1) is 6.92 Å². The number of aryl methyl sites for hydroxylation is 1. The minimum absolute atomic E-state index is 0.00327. The Balaban J connectivity index is 1.88. The van der Waals surface area contributed by atoms with E-state index in [1.165, 1.54) is 39.2 Å². The molecule has 0 spiro atoms. The van der Waals surface area contributed by atoms with Crippen LogP contribution in [-0.4, -0.2) is 58.9 Å². The van der Waals surface area contributed by atoms with Crippen molar-refractivity contribution in [1.82, 2.24) is 24.5 Å². The summed E-state index contributed by atoms with van der Waals surface area (Å²) < 4.78 is 29.5. The first kappa shape index (κ1) is 29.0. The Labute approximate surface area is 246 Å². The first-order valence-corrected chi connectivity index (χ1v) is 13.1. The van der Waals surface area contributed by atoms with Crippen LogP contribution in [0.3, 0.4) is 0 Å². The van der Waals surface area contributed by atoms with E-state index in [1.807, 2.05) is 13.0 Å². The topological polar surface area (TPSA) is 137 Å². The summed E-state index contributed by atoms with van der Waals surface area (Å²) in [5, 5.41) is 0.528. The normalized spacial score (nSPS) is 10.8. The third-order valence-electron chi connectivity index (χ3n) is 6.76. The second kappa shape index (κ2) is 12.6. The van der Waals surface area contributed by atoms with Gasteiger partial charge in [-0.05, 0) is 48.9 Å². The largest absolute Gasteiger partial charge is 0.493 e. The number of aromatic nitrogens is 5. The van der Waals surface area contributed by atoms with Gasteiger partial charge in [-0.15, -0.1) is 0 Å². The molecule has 4 aromatic heterocycles. The Morgan fingerprint density at radius 3 is 2.28 bits per heavy atom. The van der Waals surface area contributed by atoms with Gasteiger partial charge in [-0.2, -0.15) is 0 Å². The number of hydrogen-bond donors (Lipinski definition) is 0. The Morgan fingerprint density at radius 1 is 0.860 bits per heavy atom. The summed E-state index contributed by atoms with van der Waals surface area (Å²) in [6, 6.07) is 10.4. The van der Waals surface area contributed by atoms with Crippen molar-refractivity contribution in [2.24, 2.45) is 0 Å². The monoisotopic (exact) mass is 583 g/mol. The van der Waals surface area contributed by atoms with E-state index in [1.54, 1.807) is 48.9 Å². The molecule has 0 fully saturated rings. The SMILES string of the molecule is COC(=O)c1c(-c2ccc(OC)c(OC)c2OC)c2ccnc(OCc3ncccn3)c2c(=O)n1Cc1ccnc(C)c1. The molecule has 12 heteroatoms. The Hall–Kier alpha value is -5.52. The van der Waals surface area contributed by atoms with E-state index in [0.717, 1.165) is 11.3 Å². The molecule has 0 radical (unpaired) electrons. The minimum atomic E-state index is -0.728. The lowest BCUT2D eigenvalue weighted by molar-refractivity contribution is 0.0588. The zero-order chi connectivity index (χ0) is 30.5. The first-order chi connectivity index (χ1) is 20.9. The molecule has 12 nitrogen and oxygen atoms in total. The number of ether oxygens (including phenoxy) is 5. The molecule has 0 saturated heterocycles. The van der Waals surface area contributed by atoms with Crippen molar-refractivity contribution < 1.29 is 28.5 Å². The van der Waals surface area contributed by atoms with Crippen molar-refractivity contribution in [2.75, 3.05) is 28.4 Å². The first-order valence-electron chi connectivity index (χ1n) is 13.1. The number of rotatable bonds is 10. The van der Waals surface area contributed by atoms with Crippen molar-refractivity contribution in [3.05, 3.63) is 94.3 Å². The maximum atomic E-state index is 14.4. The van der Waals surface area contributed by atoms with Gasteiger partial charge in [0.05, 0.1) is 35.0 Å². The summed E-state index contributed by atoms with van der Waals surface area (Å²) in [5.74, 6) is 0.735. The number of carbonyl (C=O) groups excluding carboxylic acids is 1. The van der Waals surface area contributed by atoms with Crippen LogP contribution in [0.5, 0.6) is 23.1 Å². The molecule has 0 N–H and O–H groups in total. The van der Waals surface area contributed by atoms with E-state index >= 15 is 0 Å². The Morgan fingerprint density at radius 2 is 1.60 bits per heavy atom. The van der Waals surface area contributed by atoms with Gasteiger partial charge in [0.15, 0.2) is 17.3 Å². The summed E-state index contributed by atoms with van der Waals surface area (Å²) in [6.07, 6.45) is 6.33. The molecule has 0 unspecified atom stereocenters. The van der Waals surface area contributed by atoms with Gasteiger partial charge in [0.25, 0.3) is 5.56 Å². The highest BCUT2D eigenvalue weighted by atomic mass is 16.5. The fourth-order valence-electron chi connectivity index (χ4n) is 4.92. The fraction of sp³-hybridized carbons (Fsp3) is 0.226. The third-order valence-corrected chi connectivity index (χ3v) is 6.76. The quantitative estimate of drug-likeness (QED) is 0.221. The molecule has 5 aromatic rings. The van der Waals surface area contributed by atoms with Crippen molar-refractivity contribution in [1.29, 1.82) is 0 Å². The lowest BCUT2D eigenvalue weighted by Gasteiger charge is -2.22. The second-order valence-electron chi connectivity index (χ2n) is 9.29. The zero-order valence-corrected chi connectivity index (χ0v) is 24.3. The third kappa shape index (κ3) is 5.54. The van der Waals surface area contributed by atoms with Crippen LogP contribution >= 0.6 is 0 Å². The van der Waals surface area contributed by atoms with Crippen LogP contribution in [0.1, 0.15) is 27.6 Å². The molecule has 0 atom stereocenters. The minimum Gasteiger partial charge on any atom is -0.493 e. The molecular weight excluding hydrogens is 554 g/mol. The molecule has 0 saturated carbocycles. The number of fused-ring (bicyclic) bond motifs is 1. The van der Waals surface area contributed by atoms with Crippen LogP contribution in [-0.2, 0) is 17.9 Å². The molecule has 220 valence electrons. The van der Waals surface area contributed by atoms with E-state index < -0.39 is 11.5 Å². The van der Waals surface area contributed by atoms with Crippen LogP contribution < -0.4 is 24.5 Å². The number of methoxy groups -OCH3 is 4. The van der Waals surface area contributed by atoms with Crippen LogP contribution in [0.2, 0.25) is 0 Å². The summed E-state index contributed by atoms with van der Waals surface area (Å²) in [6.45, 7) is 1.83. The number of nitrogens with zero attached hydrogens (tertiary/aromatic N) is 5. The molecule has 5 rings (SSSR count). The highest BCUT2D eigenvalue weighted by Crippen LogP contribution is 2.47. The van der Waals surface area contributed by atoms with E-state index in [0.29, 0.717) is 33.8 Å². The van der Waals surface area contributed by atoms with Gasteiger partial charge >= 0.3 is 5.97 Å². The van der Waals surface area contributed by atoms with Gasteiger partial charge in [0.2, 0.25) is 11.6 Å². The van der Waals surface area contributed by atoms with E-state index in [4.69, 9.17) is 23.7 Å². The number of esters is 1. The van der Waals surface area contributed by atoms with Gasteiger partial charge < -0.3 is 23.7 Å². The molecule has 43 heavy (non-hydrogen) atoms. The molecule has 0 amide bonds. The standard InChI is InChI=1S/C31H29N5O7/c1-18-15-19(9-13-32-18)16-36-26(31(38)42-5)24(21-7-8-22(39-2)28(41-4)27(21)40-3)20-10-14-35-29(25(20)30(36)37)43-17-23-33-11-6-12-34-23/h6-15H,16-17H2,1-5H3. The summed E-state index contributed by atoms with van der Waals surface area (Å²) >= 11 is 0. The highest BCUT2D eigenvalue weighted by molar-refractivity contribution is 6.09. The van der Waals surface area contributed by atoms with Crippen LogP contribution in [0.4, 0.5) is 0 Å². The molecule has 0 aliphatic rings. The predicted molar refractivity (Wildman–Crippen MR) is 157 cm³/mol. The fourth-order valence-corrected chi connectivity index (χ4v) is 4.92. The van der Waals surface area contributed by atoms with E-state index in [9.17, 15) is 9.59 Å². The van der Waals surface area contributed by atoms with Crippen molar-refractivity contribution in [3.8, 4) is 34.3 Å². The summed E-state index contributed by atoms with van der Waals surface area (Å²) in [4.78, 5) is 45.0. The Kier molecular flexibility index (Phi) is 8.46. The van der Waals surface area contributed by atoms with E-state index in [-0.39, 0.29) is 35.9 Å². The van der Waals surface area contributed by atoms with Crippen molar-refractivity contribution in [2.45, 2.75) is 20.1 Å². The lowest BCUT2D eigenvalue weighted by atomic mass is 9.95. The van der Waals surface area contributed by atoms with Gasteiger partial charge in [-0.3, -0.25) is 14.3 Å². The molecule has 4 heterocycles. The second-order valence-corrected chi connectivity index (χ2v) is 9.29. The smallest absolute Gasteiger partial charge is 0.355 e. The number of pyridine rings is 3. The van der Waals surface area contributed by atoms with Gasteiger partial charge in [0.1, 0.15) is 17.7 Å². The molecule has 0 bridgehead atoms. The van der Waals surface area contributed by atoms with Gasteiger partial charge in [-0.25, -0.2) is 19.7 Å². The number of hydrogen-bond acceptors (Lipinski definition) is 11. The zero-order valence-electron chi connectivity index (χ0n) is 24.3. The van der Waals surface area contributed by atoms with E-state index in [2.05, 4.69) is 19.9 Å². The molecule has 0 aliphatic heterocycles. The van der Waals surface area contributed by atoms with Crippen LogP contribution in [0.15, 0.2) is 66.0 Å². The average molecular weight is 584 g/mol. The highest BCUT2D eigenvalue weighted by Gasteiger charge is 2.30. The lowest BCUT2D eigenvalue weighted by Crippen LogP contribution is -2.29. The summed E-state index contributed by atoms with van der Waals surface area (Å²) in [7, 11) is 5.73. The van der Waals surface area contributed by atoms with Crippen molar-refractivity contribution in [3.63, 3.8) is 0 Å². The average Bonchev–Trinajstić information content (AvgIpc) is 3.04. The predicted octanol–water partition coefficient (Wildman–Crippen LogP) is 4.00. The molecular formula is C31H29N5O7. The summed E-state index contributed by atoms with van der Waals surface area (Å²) in [5.41, 5.74) is 1.80. The maximum Gasteiger partial charge on any atom is 0.355 e. The number of benzene rings is 1. The maximum absolute atomic E-state index is 14.4. The molecule has 0 aliphatic carbocycles. The Bertz CT molecular complexity index is 1860. The molecule has 1 aromatic carbocycles.